The summed E-state index contributed by atoms with van der Waals surface area (Å²) in [6.07, 6.45) is 1.05. The largest absolute Gasteiger partial charge is 0.354 e. The van der Waals surface area contributed by atoms with Gasteiger partial charge in [0.25, 0.3) is 0 Å². The molecule has 2 heterocycles. The SMILES string of the molecule is CN1CCN([C@H](CNC(=O)CCc2nc3ccccc3[nH]2)c2ccccc2)CC1. The van der Waals surface area contributed by atoms with Crippen molar-refractivity contribution in [3.8, 4) is 0 Å². The van der Waals surface area contributed by atoms with Gasteiger partial charge < -0.3 is 15.2 Å². The van der Waals surface area contributed by atoms with Gasteiger partial charge in [0.2, 0.25) is 5.91 Å². The first-order valence-electron chi connectivity index (χ1n) is 10.4. The standard InChI is InChI=1S/C23H29N5O/c1-27-13-15-28(16-14-27)21(18-7-3-2-4-8-18)17-24-23(29)12-11-22-25-19-9-5-6-10-20(19)26-22/h2-10,21H,11-17H2,1H3,(H,24,29)(H,25,26)/t21-/m1/s1. The Morgan fingerprint density at radius 2 is 1.79 bits per heavy atom. The third-order valence-corrected chi connectivity index (χ3v) is 5.68. The number of hydrogen-bond donors (Lipinski definition) is 2. The van der Waals surface area contributed by atoms with Crippen LogP contribution in [0.5, 0.6) is 0 Å². The lowest BCUT2D eigenvalue weighted by Crippen LogP contribution is -2.48. The van der Waals surface area contributed by atoms with Crippen molar-refractivity contribution >= 4 is 16.9 Å². The number of nitrogens with one attached hydrogen (secondary N) is 2. The Hall–Kier alpha value is -2.70. The van der Waals surface area contributed by atoms with Gasteiger partial charge >= 0.3 is 0 Å². The molecule has 3 aromatic rings. The lowest BCUT2D eigenvalue weighted by Gasteiger charge is -2.38. The molecule has 1 atom stereocenters. The number of aromatic amines is 1. The molecule has 0 bridgehead atoms. The van der Waals surface area contributed by atoms with E-state index in [2.05, 4.69) is 56.4 Å². The van der Waals surface area contributed by atoms with Crippen molar-refractivity contribution in [2.45, 2.75) is 18.9 Å². The van der Waals surface area contributed by atoms with Gasteiger partial charge in [0.15, 0.2) is 0 Å². The van der Waals surface area contributed by atoms with E-state index in [1.807, 2.05) is 30.3 Å². The lowest BCUT2D eigenvalue weighted by molar-refractivity contribution is -0.121. The van der Waals surface area contributed by atoms with E-state index < -0.39 is 0 Å². The summed E-state index contributed by atoms with van der Waals surface area (Å²) in [4.78, 5) is 25.2. The van der Waals surface area contributed by atoms with E-state index in [1.54, 1.807) is 0 Å². The summed E-state index contributed by atoms with van der Waals surface area (Å²) in [6, 6.07) is 18.6. The molecule has 6 heteroatoms. The molecule has 1 aliphatic rings. The maximum Gasteiger partial charge on any atom is 0.220 e. The predicted molar refractivity (Wildman–Crippen MR) is 116 cm³/mol. The maximum atomic E-state index is 12.5. The number of likely N-dealkylation sites (N-methyl/N-ethyl adjacent to an activating group) is 1. The van der Waals surface area contributed by atoms with Crippen LogP contribution < -0.4 is 5.32 Å². The summed E-state index contributed by atoms with van der Waals surface area (Å²) in [6.45, 7) is 4.79. The first-order chi connectivity index (χ1) is 14.2. The molecule has 1 aromatic heterocycles. The molecule has 2 N–H and O–H groups in total. The van der Waals surface area contributed by atoms with E-state index in [4.69, 9.17) is 0 Å². The molecule has 152 valence electrons. The van der Waals surface area contributed by atoms with Crippen LogP contribution in [-0.2, 0) is 11.2 Å². The minimum Gasteiger partial charge on any atom is -0.354 e. The maximum absolute atomic E-state index is 12.5. The zero-order valence-corrected chi connectivity index (χ0v) is 17.0. The number of aryl methyl sites for hydroxylation is 1. The fourth-order valence-corrected chi connectivity index (χ4v) is 3.92. The highest BCUT2D eigenvalue weighted by Gasteiger charge is 2.24. The smallest absolute Gasteiger partial charge is 0.220 e. The van der Waals surface area contributed by atoms with Crippen molar-refractivity contribution in [2.24, 2.45) is 0 Å². The molecule has 0 unspecified atom stereocenters. The number of H-pyrrole nitrogens is 1. The van der Waals surface area contributed by atoms with Crippen molar-refractivity contribution in [1.82, 2.24) is 25.1 Å². The van der Waals surface area contributed by atoms with Gasteiger partial charge in [0.1, 0.15) is 5.82 Å². The number of para-hydroxylation sites is 2. The third kappa shape index (κ3) is 5.02. The molecular formula is C23H29N5O. The number of carbonyl (C=O) groups excluding carboxylic acids is 1. The summed E-state index contributed by atoms with van der Waals surface area (Å²) >= 11 is 0. The second-order valence-electron chi connectivity index (χ2n) is 7.77. The molecule has 6 nitrogen and oxygen atoms in total. The third-order valence-electron chi connectivity index (χ3n) is 5.68. The number of nitrogens with zero attached hydrogens (tertiary/aromatic N) is 3. The van der Waals surface area contributed by atoms with E-state index in [0.29, 0.717) is 19.4 Å². The Labute approximate surface area is 171 Å². The molecule has 29 heavy (non-hydrogen) atoms. The van der Waals surface area contributed by atoms with Crippen molar-refractivity contribution in [1.29, 1.82) is 0 Å². The van der Waals surface area contributed by atoms with Crippen LogP contribution in [0.2, 0.25) is 0 Å². The minimum atomic E-state index is 0.0699. The lowest BCUT2D eigenvalue weighted by atomic mass is 10.0. The molecule has 0 saturated carbocycles. The fourth-order valence-electron chi connectivity index (χ4n) is 3.92. The van der Waals surface area contributed by atoms with Gasteiger partial charge in [-0.05, 0) is 24.7 Å². The van der Waals surface area contributed by atoms with Crippen molar-refractivity contribution in [2.75, 3.05) is 39.8 Å². The minimum absolute atomic E-state index is 0.0699. The molecular weight excluding hydrogens is 362 g/mol. The monoisotopic (exact) mass is 391 g/mol. The first-order valence-corrected chi connectivity index (χ1v) is 10.4. The summed E-state index contributed by atoms with van der Waals surface area (Å²) in [5.74, 6) is 0.931. The zero-order valence-electron chi connectivity index (χ0n) is 17.0. The Morgan fingerprint density at radius 1 is 1.07 bits per heavy atom. The average Bonchev–Trinajstić information content (AvgIpc) is 3.17. The van der Waals surface area contributed by atoms with Gasteiger partial charge in [-0.15, -0.1) is 0 Å². The van der Waals surface area contributed by atoms with E-state index in [1.165, 1.54) is 5.56 Å². The number of imidazole rings is 1. The summed E-state index contributed by atoms with van der Waals surface area (Å²) in [5.41, 5.74) is 3.22. The molecule has 4 rings (SSSR count). The summed E-state index contributed by atoms with van der Waals surface area (Å²) in [5, 5.41) is 3.16. The van der Waals surface area contributed by atoms with Crippen molar-refractivity contribution in [3.05, 3.63) is 66.0 Å². The quantitative estimate of drug-likeness (QED) is 0.650. The number of hydrogen-bond acceptors (Lipinski definition) is 4. The molecule has 1 saturated heterocycles. The van der Waals surface area contributed by atoms with Gasteiger partial charge in [0.05, 0.1) is 17.1 Å². The number of benzene rings is 2. The average molecular weight is 392 g/mol. The highest BCUT2D eigenvalue weighted by Crippen LogP contribution is 2.21. The Morgan fingerprint density at radius 3 is 2.55 bits per heavy atom. The Kier molecular flexibility index (Phi) is 6.22. The highest BCUT2D eigenvalue weighted by atomic mass is 16.1. The second kappa shape index (κ2) is 9.20. The van der Waals surface area contributed by atoms with E-state index in [0.717, 1.165) is 43.0 Å². The number of piperazine rings is 1. The summed E-state index contributed by atoms with van der Waals surface area (Å²) < 4.78 is 0. The molecule has 2 aromatic carbocycles. The van der Waals surface area contributed by atoms with Crippen LogP contribution >= 0.6 is 0 Å². The van der Waals surface area contributed by atoms with Gasteiger partial charge in [-0.3, -0.25) is 9.69 Å². The van der Waals surface area contributed by atoms with Crippen molar-refractivity contribution < 1.29 is 4.79 Å². The normalized spacial score (nSPS) is 16.7. The van der Waals surface area contributed by atoms with Gasteiger partial charge in [-0.25, -0.2) is 4.98 Å². The Balaban J connectivity index is 1.34. The van der Waals surface area contributed by atoms with Crippen molar-refractivity contribution in [3.63, 3.8) is 0 Å². The van der Waals surface area contributed by atoms with E-state index in [9.17, 15) is 4.79 Å². The molecule has 0 aliphatic carbocycles. The van der Waals surface area contributed by atoms with Crippen LogP contribution in [0.3, 0.4) is 0 Å². The van der Waals surface area contributed by atoms with Gasteiger partial charge in [0, 0.05) is 45.6 Å². The van der Waals surface area contributed by atoms with Gasteiger partial charge in [-0.1, -0.05) is 42.5 Å². The molecule has 1 aliphatic heterocycles. The number of aromatic nitrogens is 2. The second-order valence-corrected chi connectivity index (χ2v) is 7.77. The van der Waals surface area contributed by atoms with Gasteiger partial charge in [-0.2, -0.15) is 0 Å². The number of amides is 1. The fraction of sp³-hybridized carbons (Fsp3) is 0.391. The number of carbonyl (C=O) groups is 1. The number of rotatable bonds is 7. The topological polar surface area (TPSA) is 64.3 Å². The van der Waals surface area contributed by atoms with Crippen LogP contribution in [0.4, 0.5) is 0 Å². The molecule has 1 amide bonds. The van der Waals surface area contributed by atoms with Crippen LogP contribution in [-0.4, -0.2) is 65.4 Å². The van der Waals surface area contributed by atoms with Crippen LogP contribution in [0.15, 0.2) is 54.6 Å². The Bertz CT molecular complexity index is 898. The van der Waals surface area contributed by atoms with Crippen LogP contribution in [0.1, 0.15) is 23.9 Å². The predicted octanol–water partition coefficient (Wildman–Crippen LogP) is 2.60. The zero-order chi connectivity index (χ0) is 20.1. The number of fused-ring (bicyclic) bond motifs is 1. The molecule has 0 spiro atoms. The van der Waals surface area contributed by atoms with E-state index in [-0.39, 0.29) is 11.9 Å². The van der Waals surface area contributed by atoms with E-state index >= 15 is 0 Å². The van der Waals surface area contributed by atoms with Crippen LogP contribution in [0.25, 0.3) is 11.0 Å². The van der Waals surface area contributed by atoms with Crippen LogP contribution in [0, 0.1) is 0 Å². The highest BCUT2D eigenvalue weighted by molar-refractivity contribution is 5.77. The molecule has 1 fully saturated rings. The summed E-state index contributed by atoms with van der Waals surface area (Å²) in [7, 11) is 2.16. The first kappa shape index (κ1) is 19.6. The molecule has 0 radical (unpaired) electrons.